The van der Waals surface area contributed by atoms with Crippen LogP contribution in [0.3, 0.4) is 0 Å². The van der Waals surface area contributed by atoms with Gasteiger partial charge in [0.2, 0.25) is 0 Å². The summed E-state index contributed by atoms with van der Waals surface area (Å²) in [5, 5.41) is 33.4. The third-order valence-corrected chi connectivity index (χ3v) is 24.6. The predicted molar refractivity (Wildman–Crippen MR) is 380 cm³/mol. The number of amides is 2. The van der Waals surface area contributed by atoms with Gasteiger partial charge in [0, 0.05) is 149 Å². The summed E-state index contributed by atoms with van der Waals surface area (Å²) < 4.78 is 57.3. The molecule has 102 heavy (non-hydrogen) atoms. The summed E-state index contributed by atoms with van der Waals surface area (Å²) in [6.45, 7) is 21.5. The summed E-state index contributed by atoms with van der Waals surface area (Å²) in [4.78, 5) is 82.6. The number of aromatic nitrogens is 1. The van der Waals surface area contributed by atoms with Crippen LogP contribution in [0, 0.1) is 16.7 Å². The van der Waals surface area contributed by atoms with E-state index in [1.165, 1.54) is 26.5 Å². The largest absolute Gasteiger partial charge is 0.497 e. The molecule has 2 bridgehead atoms. The van der Waals surface area contributed by atoms with Gasteiger partial charge in [0.1, 0.15) is 40.3 Å². The maximum Gasteiger partial charge on any atom is 0.407 e. The quantitative estimate of drug-likeness (QED) is 0.0422. The predicted octanol–water partition coefficient (Wildman–Crippen LogP) is 9.35. The highest BCUT2D eigenvalue weighted by molar-refractivity contribution is 5.94. The molecule has 2 saturated heterocycles. The first-order valence-electron chi connectivity index (χ1n) is 35.9. The van der Waals surface area contributed by atoms with E-state index in [2.05, 4.69) is 122 Å². The molecule has 10 aliphatic rings. The summed E-state index contributed by atoms with van der Waals surface area (Å²) in [5.74, 6) is -0.0442. The Balaban J connectivity index is 0.000000223. The van der Waals surface area contributed by atoms with E-state index in [0.717, 1.165) is 109 Å². The van der Waals surface area contributed by atoms with E-state index in [1.807, 2.05) is 38.4 Å². The van der Waals surface area contributed by atoms with Crippen LogP contribution >= 0.6 is 0 Å². The van der Waals surface area contributed by atoms with Gasteiger partial charge in [-0.05, 0) is 127 Å². The molecule has 1 unspecified atom stereocenters. The molecule has 1 aromatic heterocycles. The molecule has 2 saturated carbocycles. The number of nitrogens with zero attached hydrogens (tertiary/aromatic N) is 5. The number of hydrogen-bond acceptors (Lipinski definition) is 19. The molecular weight excluding hydrogens is 1320 g/mol. The maximum atomic E-state index is 15.4. The van der Waals surface area contributed by atoms with Crippen LogP contribution in [0.2, 0.25) is 0 Å². The lowest BCUT2D eigenvalue weighted by atomic mass is 9.47. The number of methoxy groups -OCH3 is 3. The third-order valence-electron chi connectivity index (χ3n) is 24.6. The average molecular weight is 1420 g/mol. The minimum Gasteiger partial charge on any atom is -0.497 e. The Labute approximate surface area is 595 Å². The number of rotatable bonds is 15. The van der Waals surface area contributed by atoms with E-state index in [9.17, 15) is 29.4 Å². The summed E-state index contributed by atoms with van der Waals surface area (Å²) >= 11 is 0. The lowest BCUT2D eigenvalue weighted by molar-refractivity contribution is -0.217. The second kappa shape index (κ2) is 28.3. The number of alkyl carbamates (subject to hydrolysis) is 2. The molecule has 2 amide bonds. The fourth-order valence-corrected chi connectivity index (χ4v) is 21.6. The number of aromatic amines is 1. The van der Waals surface area contributed by atoms with E-state index in [4.69, 9.17) is 42.3 Å². The van der Waals surface area contributed by atoms with Gasteiger partial charge in [-0.2, -0.15) is 0 Å². The fraction of sp³-hybridized carbons (Fsp3) is 0.597. The SMILES string of the molecule is CCC1=C[C@@H]2CN(CCc3c([nH]c4ccccc34)[C@@](C(=O)OC)(c3cc4c(cc3OC)N(C)[C@H]3[C@@](O)(CNC(=O)OC(C)C)[C@H](OC(C)=O)[C@]5(CC)C=CCN6CC[C@]43[C@@H]65)C2)C1.CC[C@]12C=CCN3CC[C@@]4(c5ccc(OC)cc5N(C)[C@H]4[C@@](O)(CNC(=O)OC(C)C)[C@@H]1OC(C)=O)[C@@H]32.F.FF. The maximum absolute atomic E-state index is 15.4. The van der Waals surface area contributed by atoms with Gasteiger partial charge in [-0.1, -0.05) is 81.0 Å². The number of hydrogen-bond donors (Lipinski definition) is 5. The molecule has 556 valence electrons. The van der Waals surface area contributed by atoms with Gasteiger partial charge in [0.25, 0.3) is 0 Å². The van der Waals surface area contributed by atoms with Gasteiger partial charge in [-0.15, -0.1) is 0 Å². The molecule has 0 radical (unpaired) electrons. The first kappa shape index (κ1) is 75.3. The van der Waals surface area contributed by atoms with E-state index in [1.54, 1.807) is 41.9 Å². The summed E-state index contributed by atoms with van der Waals surface area (Å²) in [6, 6.07) is 17.3. The first-order chi connectivity index (χ1) is 48.3. The number of esters is 3. The summed E-state index contributed by atoms with van der Waals surface area (Å²) in [6.07, 6.45) is 11.9. The van der Waals surface area contributed by atoms with E-state index in [-0.39, 0.29) is 54.0 Å². The number of para-hydroxylation sites is 1. The van der Waals surface area contributed by atoms with Crippen molar-refractivity contribution in [1.29, 1.82) is 0 Å². The van der Waals surface area contributed by atoms with Gasteiger partial charge in [0.15, 0.2) is 0 Å². The minimum atomic E-state index is -1.82. The van der Waals surface area contributed by atoms with Crippen LogP contribution < -0.4 is 29.9 Å². The number of benzene rings is 3. The fourth-order valence-electron chi connectivity index (χ4n) is 21.6. The number of nitrogens with one attached hydrogen (secondary N) is 3. The molecule has 25 heteroatoms. The van der Waals surface area contributed by atoms with Crippen molar-refractivity contribution in [2.45, 2.75) is 183 Å². The normalized spacial score (nSPS) is 33.2. The standard InChI is InChI=1S/C49H63N5O8.C28H39N3O6.F2.FH/c1-9-31-22-32-25-48(44(56)60-8,40-34(16-20-53(26-31)27-32)33-14-11-12-15-37(33)51-40)36-23-35-38(24-39(36)59-7)52(6)42-47(35)18-21-54-19-13-17-46(10-2,41(47)54)43(62-30(5)55)49(42,58)28-50-45(57)61-29(3)4;1-7-26-11-8-13-31-14-12-27(22(26)31)20-10-9-19(35-6)15-21(20)30(5)23(27)28(34,24(26)37-18(4)32)16-29-25(33)36-17(2)3;1-2;/h11-15,17,22-24,29,32,41-43,51,58H,9-10,16,18-21,25-28H2,1-8H3,(H,50,57);8-11,15,17,22-24,34H,7,12-14,16H2,1-6H3,(H,29,33);;1H/t32-,41-,42+,43+,46+,47+,48-,49-;22-,23+,24+,26+,27+,28-;;/m00../s1. The molecule has 15 atom stereocenters. The Bertz CT molecular complexity index is 3960. The Morgan fingerprint density at radius 1 is 0.686 bits per heavy atom. The van der Waals surface area contributed by atoms with Crippen LogP contribution in [-0.2, 0) is 60.7 Å². The molecule has 8 aliphatic heterocycles. The van der Waals surface area contributed by atoms with Crippen LogP contribution in [0.25, 0.3) is 10.9 Å². The van der Waals surface area contributed by atoms with Gasteiger partial charge >= 0.3 is 30.1 Å². The average Bonchev–Trinajstić information content (AvgIpc) is 1.47. The Hall–Kier alpha value is -7.84. The molecule has 4 aromatic rings. The van der Waals surface area contributed by atoms with E-state index in [0.29, 0.717) is 43.5 Å². The Morgan fingerprint density at radius 3 is 1.73 bits per heavy atom. The molecule has 3 aromatic carbocycles. The van der Waals surface area contributed by atoms with Crippen molar-refractivity contribution in [3.05, 3.63) is 118 Å². The molecule has 2 spiro atoms. The molecule has 5 N–H and O–H groups in total. The number of likely N-dealkylation sites (N-methyl/N-ethyl adjacent to an activating group) is 2. The Kier molecular flexibility index (Phi) is 20.9. The summed E-state index contributed by atoms with van der Waals surface area (Å²) in [7, 11) is 8.72. The smallest absolute Gasteiger partial charge is 0.407 e. The third kappa shape index (κ3) is 11.3. The minimum absolute atomic E-state index is 0. The van der Waals surface area contributed by atoms with Crippen molar-refractivity contribution in [2.75, 3.05) is 104 Å². The zero-order valence-electron chi connectivity index (χ0n) is 61.3. The van der Waals surface area contributed by atoms with Gasteiger partial charge in [-0.25, -0.2) is 9.59 Å². The number of H-pyrrole nitrogens is 1. The highest BCUT2D eigenvalue weighted by atomic mass is 20.0. The van der Waals surface area contributed by atoms with Crippen molar-refractivity contribution in [3.63, 3.8) is 0 Å². The summed E-state index contributed by atoms with van der Waals surface area (Å²) in [5.41, 5.74) is 1.44. The number of carbonyl (C=O) groups is 5. The van der Waals surface area contributed by atoms with E-state index >= 15 is 4.79 Å². The van der Waals surface area contributed by atoms with Crippen LogP contribution in [0.5, 0.6) is 11.5 Å². The molecular formula is C77H103F3N8O14. The molecule has 22 nitrogen and oxygen atoms in total. The highest BCUT2D eigenvalue weighted by Gasteiger charge is 2.80. The Morgan fingerprint density at radius 2 is 1.23 bits per heavy atom. The topological polar surface area (TPSA) is 246 Å². The van der Waals surface area contributed by atoms with Crippen LogP contribution in [0.1, 0.15) is 129 Å². The second-order valence-electron chi connectivity index (χ2n) is 30.2. The van der Waals surface area contributed by atoms with Crippen molar-refractivity contribution in [1.82, 2.24) is 30.3 Å². The number of ether oxygens (including phenoxy) is 7. The van der Waals surface area contributed by atoms with Crippen molar-refractivity contribution in [3.8, 4) is 11.5 Å². The molecule has 14 rings (SSSR count). The molecule has 2 aliphatic carbocycles. The molecule has 9 heterocycles. The monoisotopic (exact) mass is 1420 g/mol. The number of aliphatic hydroxyl groups is 2. The number of halogens is 3. The lowest BCUT2D eigenvalue weighted by Crippen LogP contribution is -2.81. The molecule has 4 fully saturated rings. The van der Waals surface area contributed by atoms with E-state index < -0.39 is 86.7 Å². The second-order valence-corrected chi connectivity index (χ2v) is 30.2. The van der Waals surface area contributed by atoms with Crippen molar-refractivity contribution in [2.24, 2.45) is 16.7 Å². The number of fused-ring (bicyclic) bond motifs is 7. The van der Waals surface area contributed by atoms with Gasteiger partial charge in [-0.3, -0.25) is 33.8 Å². The van der Waals surface area contributed by atoms with Crippen LogP contribution in [0.4, 0.5) is 34.8 Å². The first-order valence-corrected chi connectivity index (χ1v) is 35.9. The number of carbonyl (C=O) groups excluding carboxylic acids is 5. The highest BCUT2D eigenvalue weighted by Crippen LogP contribution is 2.70. The van der Waals surface area contributed by atoms with Gasteiger partial charge < -0.3 is 68.8 Å². The van der Waals surface area contributed by atoms with Gasteiger partial charge in [0.05, 0.1) is 58.7 Å². The zero-order valence-corrected chi connectivity index (χ0v) is 61.3. The van der Waals surface area contributed by atoms with Crippen LogP contribution in [0.15, 0.2) is 90.6 Å². The van der Waals surface area contributed by atoms with Crippen LogP contribution in [-0.4, -0.2) is 214 Å². The van der Waals surface area contributed by atoms with Crippen molar-refractivity contribution >= 4 is 52.4 Å². The lowest BCUT2D eigenvalue weighted by Gasteiger charge is -2.64. The van der Waals surface area contributed by atoms with Crippen molar-refractivity contribution < 1.29 is 81.2 Å². The zero-order chi connectivity index (χ0) is 72.7. The number of anilines is 2.